The summed E-state index contributed by atoms with van der Waals surface area (Å²) in [6, 6.07) is 3.33. The van der Waals surface area contributed by atoms with Gasteiger partial charge in [0.2, 0.25) is 0 Å². The van der Waals surface area contributed by atoms with E-state index in [1.54, 1.807) is 13.0 Å². The minimum atomic E-state index is -1.50. The van der Waals surface area contributed by atoms with Gasteiger partial charge in [0.25, 0.3) is 0 Å². The van der Waals surface area contributed by atoms with Gasteiger partial charge in [-0.15, -0.1) is 0 Å². The lowest BCUT2D eigenvalue weighted by Crippen LogP contribution is -1.99. The van der Waals surface area contributed by atoms with Crippen LogP contribution in [0.15, 0.2) is 24.4 Å². The molecule has 0 aliphatic rings. The highest BCUT2D eigenvalue weighted by Crippen LogP contribution is 2.21. The number of hydrogen-bond donors (Lipinski definition) is 2. The van der Waals surface area contributed by atoms with Crippen LogP contribution >= 0.6 is 0 Å². The van der Waals surface area contributed by atoms with Crippen molar-refractivity contribution in [2.75, 3.05) is 11.1 Å². The van der Waals surface area contributed by atoms with E-state index in [9.17, 15) is 13.2 Å². The lowest BCUT2D eigenvalue weighted by Gasteiger charge is -2.08. The molecule has 0 unspecified atom stereocenters. The predicted molar refractivity (Wildman–Crippen MR) is 63.0 cm³/mol. The SMILES string of the molecule is Cc1cc(Nc2cc(F)c(F)c(F)c2)ncc1N. The van der Waals surface area contributed by atoms with Gasteiger partial charge in [-0.2, -0.15) is 0 Å². The average molecular weight is 253 g/mol. The zero-order valence-electron chi connectivity index (χ0n) is 9.47. The molecule has 0 fully saturated rings. The van der Waals surface area contributed by atoms with Crippen molar-refractivity contribution in [2.45, 2.75) is 6.92 Å². The zero-order chi connectivity index (χ0) is 13.3. The molecule has 0 amide bonds. The van der Waals surface area contributed by atoms with Crippen LogP contribution in [0.2, 0.25) is 0 Å². The molecule has 0 saturated heterocycles. The standard InChI is InChI=1S/C12H10F3N3/c1-6-2-11(17-5-10(6)16)18-7-3-8(13)12(15)9(14)4-7/h2-5H,16H2,1H3,(H,17,18). The van der Waals surface area contributed by atoms with E-state index < -0.39 is 17.5 Å². The fraction of sp³-hybridized carbons (Fsp3) is 0.0833. The molecule has 6 heteroatoms. The minimum Gasteiger partial charge on any atom is -0.397 e. The molecule has 0 spiro atoms. The molecule has 18 heavy (non-hydrogen) atoms. The molecule has 3 N–H and O–H groups in total. The topological polar surface area (TPSA) is 50.9 Å². The molecule has 0 saturated carbocycles. The summed E-state index contributed by atoms with van der Waals surface area (Å²) in [7, 11) is 0. The largest absolute Gasteiger partial charge is 0.397 e. The van der Waals surface area contributed by atoms with Crippen LogP contribution in [-0.2, 0) is 0 Å². The smallest absolute Gasteiger partial charge is 0.194 e. The van der Waals surface area contributed by atoms with Crippen LogP contribution < -0.4 is 11.1 Å². The number of pyridine rings is 1. The molecular formula is C12H10F3N3. The molecule has 0 aliphatic carbocycles. The molecule has 1 aromatic carbocycles. The Morgan fingerprint density at radius 2 is 1.72 bits per heavy atom. The Labute approximate surface area is 101 Å². The lowest BCUT2D eigenvalue weighted by molar-refractivity contribution is 0.448. The summed E-state index contributed by atoms with van der Waals surface area (Å²) in [5.74, 6) is -3.65. The summed E-state index contributed by atoms with van der Waals surface area (Å²) in [6.45, 7) is 1.77. The van der Waals surface area contributed by atoms with Crippen LogP contribution in [0.3, 0.4) is 0 Å². The van der Waals surface area contributed by atoms with Gasteiger partial charge in [-0.1, -0.05) is 0 Å². The maximum Gasteiger partial charge on any atom is 0.194 e. The summed E-state index contributed by atoms with van der Waals surface area (Å²) in [5.41, 5.74) is 6.95. The van der Waals surface area contributed by atoms with E-state index >= 15 is 0 Å². The van der Waals surface area contributed by atoms with E-state index in [1.807, 2.05) is 0 Å². The average Bonchev–Trinajstić information content (AvgIpc) is 2.31. The van der Waals surface area contributed by atoms with Crippen molar-refractivity contribution in [1.82, 2.24) is 4.98 Å². The Balaban J connectivity index is 2.31. The highest BCUT2D eigenvalue weighted by Gasteiger charge is 2.10. The molecule has 3 nitrogen and oxygen atoms in total. The van der Waals surface area contributed by atoms with Crippen LogP contribution in [0.5, 0.6) is 0 Å². The van der Waals surface area contributed by atoms with Crippen LogP contribution in [0.1, 0.15) is 5.56 Å². The Hall–Kier alpha value is -2.24. The Bertz CT molecular complexity index is 576. The van der Waals surface area contributed by atoms with Crippen LogP contribution in [0.25, 0.3) is 0 Å². The molecule has 1 aromatic heterocycles. The number of nitrogens with zero attached hydrogens (tertiary/aromatic N) is 1. The van der Waals surface area contributed by atoms with Crippen molar-refractivity contribution in [1.29, 1.82) is 0 Å². The first-order valence-corrected chi connectivity index (χ1v) is 5.11. The second-order valence-electron chi connectivity index (χ2n) is 3.81. The second-order valence-corrected chi connectivity index (χ2v) is 3.81. The van der Waals surface area contributed by atoms with Gasteiger partial charge in [0.1, 0.15) is 5.82 Å². The van der Waals surface area contributed by atoms with E-state index in [4.69, 9.17) is 5.73 Å². The number of aryl methyl sites for hydroxylation is 1. The highest BCUT2D eigenvalue weighted by atomic mass is 19.2. The van der Waals surface area contributed by atoms with E-state index in [1.165, 1.54) is 6.20 Å². The van der Waals surface area contributed by atoms with E-state index in [0.717, 1.165) is 17.7 Å². The molecule has 0 bridgehead atoms. The van der Waals surface area contributed by atoms with Crippen LogP contribution in [0.4, 0.5) is 30.4 Å². The molecule has 1 heterocycles. The predicted octanol–water partition coefficient (Wildman–Crippen LogP) is 3.13. The first kappa shape index (κ1) is 12.2. The number of nitrogens with one attached hydrogen (secondary N) is 1. The van der Waals surface area contributed by atoms with Crippen LogP contribution in [-0.4, -0.2) is 4.98 Å². The van der Waals surface area contributed by atoms with Crippen molar-refractivity contribution < 1.29 is 13.2 Å². The van der Waals surface area contributed by atoms with E-state index in [0.29, 0.717) is 11.5 Å². The summed E-state index contributed by atoms with van der Waals surface area (Å²) < 4.78 is 38.7. The van der Waals surface area contributed by atoms with Gasteiger partial charge in [0, 0.05) is 17.8 Å². The first-order chi connectivity index (χ1) is 8.47. The number of anilines is 3. The number of hydrogen-bond acceptors (Lipinski definition) is 3. The lowest BCUT2D eigenvalue weighted by atomic mass is 10.2. The van der Waals surface area contributed by atoms with Crippen molar-refractivity contribution in [3.63, 3.8) is 0 Å². The minimum absolute atomic E-state index is 0.0723. The number of halogens is 3. The number of benzene rings is 1. The first-order valence-electron chi connectivity index (χ1n) is 5.11. The van der Waals surface area contributed by atoms with Crippen LogP contribution in [0, 0.1) is 24.4 Å². The molecule has 0 radical (unpaired) electrons. The Morgan fingerprint density at radius 3 is 2.28 bits per heavy atom. The molecule has 0 atom stereocenters. The van der Waals surface area contributed by atoms with Crippen molar-refractivity contribution in [2.24, 2.45) is 0 Å². The third-order valence-electron chi connectivity index (χ3n) is 2.41. The molecular weight excluding hydrogens is 243 g/mol. The summed E-state index contributed by atoms with van der Waals surface area (Å²) >= 11 is 0. The van der Waals surface area contributed by atoms with Gasteiger partial charge in [0.05, 0.1) is 11.9 Å². The number of nitrogen functional groups attached to an aromatic ring is 1. The quantitative estimate of drug-likeness (QED) is 0.808. The number of nitrogens with two attached hydrogens (primary N) is 1. The maximum absolute atomic E-state index is 13.0. The van der Waals surface area contributed by atoms with Gasteiger partial charge in [-0.25, -0.2) is 18.2 Å². The number of aromatic nitrogens is 1. The van der Waals surface area contributed by atoms with Gasteiger partial charge < -0.3 is 11.1 Å². The van der Waals surface area contributed by atoms with Crippen molar-refractivity contribution in [3.8, 4) is 0 Å². The maximum atomic E-state index is 13.0. The molecule has 0 aliphatic heterocycles. The Kier molecular flexibility index (Phi) is 3.10. The zero-order valence-corrected chi connectivity index (χ0v) is 9.47. The van der Waals surface area contributed by atoms with Crippen molar-refractivity contribution in [3.05, 3.63) is 47.4 Å². The summed E-state index contributed by atoms with van der Waals surface area (Å²) in [5, 5.41) is 2.67. The fourth-order valence-electron chi connectivity index (χ4n) is 1.41. The third kappa shape index (κ3) is 2.37. The van der Waals surface area contributed by atoms with E-state index in [-0.39, 0.29) is 5.69 Å². The monoisotopic (exact) mass is 253 g/mol. The summed E-state index contributed by atoms with van der Waals surface area (Å²) in [6.07, 6.45) is 1.42. The molecule has 2 aromatic rings. The van der Waals surface area contributed by atoms with Gasteiger partial charge in [-0.05, 0) is 18.6 Å². The second kappa shape index (κ2) is 4.56. The van der Waals surface area contributed by atoms with Crippen molar-refractivity contribution >= 4 is 17.2 Å². The molecule has 2 rings (SSSR count). The highest BCUT2D eigenvalue weighted by molar-refractivity contribution is 5.59. The fourth-order valence-corrected chi connectivity index (χ4v) is 1.41. The third-order valence-corrected chi connectivity index (χ3v) is 2.41. The summed E-state index contributed by atoms with van der Waals surface area (Å²) in [4.78, 5) is 3.94. The number of rotatable bonds is 2. The Morgan fingerprint density at radius 1 is 1.11 bits per heavy atom. The molecule has 94 valence electrons. The van der Waals surface area contributed by atoms with Gasteiger partial charge in [0.15, 0.2) is 17.5 Å². The van der Waals surface area contributed by atoms with Gasteiger partial charge in [-0.3, -0.25) is 0 Å². The van der Waals surface area contributed by atoms with Gasteiger partial charge >= 0.3 is 0 Å². The normalized spacial score (nSPS) is 10.4. The van der Waals surface area contributed by atoms with E-state index in [2.05, 4.69) is 10.3 Å².